The Morgan fingerprint density at radius 1 is 1.14 bits per heavy atom. The lowest BCUT2D eigenvalue weighted by Gasteiger charge is -2.34. The van der Waals surface area contributed by atoms with E-state index in [9.17, 15) is 19.7 Å². The predicted octanol–water partition coefficient (Wildman–Crippen LogP) is 0.559. The van der Waals surface area contributed by atoms with Crippen molar-refractivity contribution in [3.05, 3.63) is 10.1 Å². The molecule has 0 aromatic rings. The van der Waals surface area contributed by atoms with Gasteiger partial charge in [-0.05, 0) is 25.7 Å². The molecule has 0 radical (unpaired) electrons. The van der Waals surface area contributed by atoms with Gasteiger partial charge in [-0.15, -0.1) is 0 Å². The molecular weight excluding hydrogens is 274 g/mol. The minimum Gasteiger partial charge on any atom is -0.353 e. The van der Waals surface area contributed by atoms with Crippen molar-refractivity contribution in [2.45, 2.75) is 50.6 Å². The molecule has 3 rings (SSSR count). The second-order valence-corrected chi connectivity index (χ2v) is 6.43. The highest BCUT2D eigenvalue weighted by molar-refractivity contribution is 5.82. The highest BCUT2D eigenvalue weighted by Gasteiger charge is 2.54. The number of piperidine rings is 1. The van der Waals surface area contributed by atoms with Crippen molar-refractivity contribution in [1.29, 1.82) is 0 Å². The van der Waals surface area contributed by atoms with Crippen molar-refractivity contribution in [2.24, 2.45) is 11.8 Å². The van der Waals surface area contributed by atoms with Gasteiger partial charge in [-0.3, -0.25) is 19.7 Å². The van der Waals surface area contributed by atoms with Crippen LogP contribution in [0.1, 0.15) is 38.5 Å². The number of hydrogen-bond donors (Lipinski definition) is 1. The minimum atomic E-state index is -0.673. The van der Waals surface area contributed by atoms with Crippen LogP contribution in [-0.2, 0) is 9.59 Å². The lowest BCUT2D eigenvalue weighted by atomic mass is 9.84. The van der Waals surface area contributed by atoms with E-state index in [1.807, 2.05) is 0 Å². The van der Waals surface area contributed by atoms with Gasteiger partial charge in [-0.2, -0.15) is 0 Å². The number of nitrogens with one attached hydrogen (secondary N) is 1. The van der Waals surface area contributed by atoms with Gasteiger partial charge in [0, 0.05) is 36.4 Å². The normalized spacial score (nSPS) is 29.6. The first-order valence-corrected chi connectivity index (χ1v) is 7.79. The molecule has 1 heterocycles. The Kier molecular flexibility index (Phi) is 3.82. The van der Waals surface area contributed by atoms with Crippen LogP contribution in [0.25, 0.3) is 0 Å². The van der Waals surface area contributed by atoms with Gasteiger partial charge in [0.1, 0.15) is 5.92 Å². The molecule has 0 unspecified atom stereocenters. The Balaban J connectivity index is 1.41. The molecule has 116 valence electrons. The number of likely N-dealkylation sites (tertiary alicyclic amines) is 1. The Bertz CT molecular complexity index is 455. The summed E-state index contributed by atoms with van der Waals surface area (Å²) in [6, 6.07) is -0.527. The zero-order valence-corrected chi connectivity index (χ0v) is 12.0. The monoisotopic (exact) mass is 295 g/mol. The molecule has 2 aliphatic carbocycles. The third kappa shape index (κ3) is 3.01. The van der Waals surface area contributed by atoms with E-state index in [1.165, 1.54) is 0 Å². The smallest absolute Gasteiger partial charge is 0.232 e. The van der Waals surface area contributed by atoms with Gasteiger partial charge in [0.15, 0.2) is 0 Å². The number of hydrogen-bond acceptors (Lipinski definition) is 4. The zero-order chi connectivity index (χ0) is 15.0. The fourth-order valence-electron chi connectivity index (χ4n) is 3.15. The van der Waals surface area contributed by atoms with Crippen LogP contribution in [0.3, 0.4) is 0 Å². The predicted molar refractivity (Wildman–Crippen MR) is 74.0 cm³/mol. The fourth-order valence-corrected chi connectivity index (χ4v) is 3.15. The SMILES string of the molecule is O=C(NC1CCN(C(=O)[C@H]2C[C@H]2[N+](=O)[O-])CC1)C1CCC1. The summed E-state index contributed by atoms with van der Waals surface area (Å²) in [5, 5.41) is 13.7. The highest BCUT2D eigenvalue weighted by Crippen LogP contribution is 2.35. The molecule has 3 fully saturated rings. The summed E-state index contributed by atoms with van der Waals surface area (Å²) in [6.45, 7) is 1.19. The first kappa shape index (κ1) is 14.3. The van der Waals surface area contributed by atoms with Crippen molar-refractivity contribution in [3.63, 3.8) is 0 Å². The summed E-state index contributed by atoms with van der Waals surface area (Å²) in [5.74, 6) is -0.153. The number of amides is 2. The van der Waals surface area contributed by atoms with Crippen molar-refractivity contribution in [3.8, 4) is 0 Å². The highest BCUT2D eigenvalue weighted by atomic mass is 16.6. The first-order valence-electron chi connectivity index (χ1n) is 7.79. The van der Waals surface area contributed by atoms with Crippen LogP contribution in [0.5, 0.6) is 0 Å². The molecule has 7 heteroatoms. The Morgan fingerprint density at radius 3 is 2.29 bits per heavy atom. The summed E-state index contributed by atoms with van der Waals surface area (Å²) < 4.78 is 0. The van der Waals surface area contributed by atoms with E-state index in [0.717, 1.165) is 32.1 Å². The second-order valence-electron chi connectivity index (χ2n) is 6.43. The van der Waals surface area contributed by atoms with Crippen LogP contribution in [-0.4, -0.2) is 46.8 Å². The van der Waals surface area contributed by atoms with E-state index in [-0.39, 0.29) is 28.7 Å². The number of nitro groups is 1. The summed E-state index contributed by atoms with van der Waals surface area (Å²) in [4.78, 5) is 36.0. The van der Waals surface area contributed by atoms with Crippen LogP contribution in [0.4, 0.5) is 0 Å². The number of carbonyl (C=O) groups is 2. The molecule has 1 N–H and O–H groups in total. The van der Waals surface area contributed by atoms with Crippen molar-refractivity contribution < 1.29 is 14.5 Å². The first-order chi connectivity index (χ1) is 10.1. The van der Waals surface area contributed by atoms with Gasteiger partial charge in [0.2, 0.25) is 17.9 Å². The molecule has 7 nitrogen and oxygen atoms in total. The summed E-state index contributed by atoms with van der Waals surface area (Å²) in [6.07, 6.45) is 5.01. The van der Waals surface area contributed by atoms with Crippen LogP contribution in [0.15, 0.2) is 0 Å². The molecule has 1 saturated heterocycles. The molecule has 2 amide bonds. The molecule has 1 aliphatic heterocycles. The van der Waals surface area contributed by atoms with Crippen LogP contribution in [0.2, 0.25) is 0 Å². The van der Waals surface area contributed by atoms with Crippen LogP contribution >= 0.6 is 0 Å². The fraction of sp³-hybridized carbons (Fsp3) is 0.857. The standard InChI is InChI=1S/C14H21N3O4/c18-13(9-2-1-3-9)15-10-4-6-16(7-5-10)14(19)11-8-12(11)17(20)21/h9-12H,1-8H2,(H,15,18)/t11-,12+/m0/s1. The van der Waals surface area contributed by atoms with Gasteiger partial charge in [-0.1, -0.05) is 6.42 Å². The van der Waals surface area contributed by atoms with Crippen LogP contribution < -0.4 is 5.32 Å². The number of nitrogens with zero attached hydrogens (tertiary/aromatic N) is 2. The lowest BCUT2D eigenvalue weighted by molar-refractivity contribution is -0.497. The topological polar surface area (TPSA) is 92.6 Å². The lowest BCUT2D eigenvalue weighted by Crippen LogP contribution is -2.49. The van der Waals surface area contributed by atoms with Crippen LogP contribution in [0, 0.1) is 22.0 Å². The van der Waals surface area contributed by atoms with Gasteiger partial charge < -0.3 is 10.2 Å². The molecular formula is C14H21N3O4. The third-order valence-electron chi connectivity index (χ3n) is 4.97. The molecule has 2 saturated carbocycles. The Labute approximate surface area is 123 Å². The second kappa shape index (κ2) is 5.61. The van der Waals surface area contributed by atoms with Crippen molar-refractivity contribution in [1.82, 2.24) is 10.2 Å². The van der Waals surface area contributed by atoms with E-state index in [0.29, 0.717) is 19.5 Å². The average Bonchev–Trinajstić information content (AvgIpc) is 3.17. The summed E-state index contributed by atoms with van der Waals surface area (Å²) in [5.41, 5.74) is 0. The molecule has 2 atom stereocenters. The van der Waals surface area contributed by atoms with Gasteiger partial charge in [-0.25, -0.2) is 0 Å². The molecule has 21 heavy (non-hydrogen) atoms. The average molecular weight is 295 g/mol. The maximum Gasteiger partial charge on any atom is 0.232 e. The number of rotatable bonds is 4. The molecule has 3 aliphatic rings. The maximum atomic E-state index is 12.1. The van der Waals surface area contributed by atoms with Gasteiger partial charge in [0.25, 0.3) is 0 Å². The maximum absolute atomic E-state index is 12.1. The van der Waals surface area contributed by atoms with E-state index in [4.69, 9.17) is 0 Å². The van der Waals surface area contributed by atoms with Crippen molar-refractivity contribution in [2.75, 3.05) is 13.1 Å². The van der Waals surface area contributed by atoms with E-state index in [2.05, 4.69) is 5.32 Å². The van der Waals surface area contributed by atoms with E-state index in [1.54, 1.807) is 4.90 Å². The number of carbonyl (C=O) groups excluding carboxylic acids is 2. The van der Waals surface area contributed by atoms with E-state index >= 15 is 0 Å². The largest absolute Gasteiger partial charge is 0.353 e. The Hall–Kier alpha value is -1.66. The quantitative estimate of drug-likeness (QED) is 0.606. The molecule has 0 bridgehead atoms. The summed E-state index contributed by atoms with van der Waals surface area (Å²) in [7, 11) is 0. The Morgan fingerprint density at radius 2 is 1.81 bits per heavy atom. The van der Waals surface area contributed by atoms with Gasteiger partial charge >= 0.3 is 0 Å². The van der Waals surface area contributed by atoms with E-state index < -0.39 is 12.0 Å². The zero-order valence-electron chi connectivity index (χ0n) is 12.0. The van der Waals surface area contributed by atoms with Crippen molar-refractivity contribution >= 4 is 11.8 Å². The minimum absolute atomic E-state index is 0.0829. The molecule has 0 aromatic heterocycles. The molecule has 0 spiro atoms. The molecule has 0 aromatic carbocycles. The summed E-state index contributed by atoms with van der Waals surface area (Å²) >= 11 is 0. The van der Waals surface area contributed by atoms with Gasteiger partial charge in [0.05, 0.1) is 0 Å². The third-order valence-corrected chi connectivity index (χ3v) is 4.97.